The Morgan fingerprint density at radius 2 is 2.21 bits per heavy atom. The second kappa shape index (κ2) is 6.14. The van der Waals surface area contributed by atoms with Gasteiger partial charge in [-0.25, -0.2) is 17.9 Å². The molecule has 0 fully saturated rings. The van der Waals surface area contributed by atoms with Crippen molar-refractivity contribution in [3.63, 3.8) is 0 Å². The predicted molar refractivity (Wildman–Crippen MR) is 71.1 cm³/mol. The number of rotatable bonds is 5. The van der Waals surface area contributed by atoms with Gasteiger partial charge in [0.05, 0.1) is 22.9 Å². The van der Waals surface area contributed by atoms with E-state index in [1.165, 1.54) is 12.1 Å². The van der Waals surface area contributed by atoms with E-state index >= 15 is 0 Å². The van der Waals surface area contributed by atoms with Crippen LogP contribution in [0.4, 0.5) is 0 Å². The molecule has 0 heterocycles. The molecule has 6 nitrogen and oxygen atoms in total. The number of sulfonamides is 1. The molecule has 1 aromatic rings. The van der Waals surface area contributed by atoms with Crippen LogP contribution in [0, 0.1) is 11.3 Å². The maximum atomic E-state index is 12.1. The second-order valence-electron chi connectivity index (χ2n) is 3.83. The molecule has 0 aliphatic carbocycles. The maximum Gasteiger partial charge on any atom is 0.335 e. The summed E-state index contributed by atoms with van der Waals surface area (Å²) in [6.45, 7) is 1.55. The summed E-state index contributed by atoms with van der Waals surface area (Å²) in [5, 5.41) is 17.4. The summed E-state index contributed by atoms with van der Waals surface area (Å²) in [6.07, 6.45) is 0.0233. The molecule has 0 aliphatic heterocycles. The lowest BCUT2D eigenvalue weighted by atomic mass is 10.2. The number of aromatic carboxylic acids is 1. The van der Waals surface area contributed by atoms with Crippen molar-refractivity contribution in [3.8, 4) is 6.07 Å². The highest BCUT2D eigenvalue weighted by molar-refractivity contribution is 9.10. The van der Waals surface area contributed by atoms with Gasteiger partial charge in [0.25, 0.3) is 0 Å². The lowest BCUT2D eigenvalue weighted by molar-refractivity contribution is 0.0696. The van der Waals surface area contributed by atoms with Crippen LogP contribution in [0.5, 0.6) is 0 Å². The molecule has 0 amide bonds. The van der Waals surface area contributed by atoms with Crippen molar-refractivity contribution >= 4 is 31.9 Å². The summed E-state index contributed by atoms with van der Waals surface area (Å²) in [4.78, 5) is 10.7. The van der Waals surface area contributed by atoms with Gasteiger partial charge >= 0.3 is 5.97 Å². The summed E-state index contributed by atoms with van der Waals surface area (Å²) in [5.41, 5.74) is -0.128. The molecule has 0 radical (unpaired) electrons. The molecule has 1 atom stereocenters. The first-order valence-electron chi connectivity index (χ1n) is 5.20. The summed E-state index contributed by atoms with van der Waals surface area (Å²) in [6, 6.07) is 5.01. The largest absolute Gasteiger partial charge is 0.478 e. The Kier molecular flexibility index (Phi) is 5.05. The van der Waals surface area contributed by atoms with Gasteiger partial charge in [-0.2, -0.15) is 5.26 Å². The van der Waals surface area contributed by atoms with E-state index in [4.69, 9.17) is 10.4 Å². The highest BCUT2D eigenvalue weighted by Gasteiger charge is 2.21. The zero-order chi connectivity index (χ0) is 14.6. The molecule has 1 rings (SSSR count). The standard InChI is InChI=1S/C11H11BrN2O4S/c1-7(4-5-13)14-19(17,18)10-6-8(11(15)16)2-3-9(10)12/h2-3,6-7,14H,4H2,1H3,(H,15,16). The van der Waals surface area contributed by atoms with Crippen LogP contribution >= 0.6 is 15.9 Å². The van der Waals surface area contributed by atoms with Gasteiger partial charge in [-0.05, 0) is 41.1 Å². The first kappa shape index (κ1) is 15.6. The van der Waals surface area contributed by atoms with E-state index in [9.17, 15) is 13.2 Å². The highest BCUT2D eigenvalue weighted by atomic mass is 79.9. The van der Waals surface area contributed by atoms with Crippen molar-refractivity contribution in [2.45, 2.75) is 24.3 Å². The number of benzene rings is 1. The van der Waals surface area contributed by atoms with Crippen LogP contribution in [-0.4, -0.2) is 25.5 Å². The molecule has 0 aromatic heterocycles. The molecule has 2 N–H and O–H groups in total. The average Bonchev–Trinajstić information content (AvgIpc) is 2.28. The number of nitrogens with one attached hydrogen (secondary N) is 1. The molecule has 8 heteroatoms. The van der Waals surface area contributed by atoms with Crippen molar-refractivity contribution < 1.29 is 18.3 Å². The van der Waals surface area contributed by atoms with Crippen LogP contribution < -0.4 is 4.72 Å². The van der Waals surface area contributed by atoms with E-state index in [1.54, 1.807) is 6.92 Å². The Morgan fingerprint density at radius 3 is 2.74 bits per heavy atom. The molecule has 0 saturated heterocycles. The number of halogens is 1. The number of carbonyl (C=O) groups is 1. The lowest BCUT2D eigenvalue weighted by Gasteiger charge is -2.12. The topological polar surface area (TPSA) is 107 Å². The van der Waals surface area contributed by atoms with Crippen molar-refractivity contribution in [3.05, 3.63) is 28.2 Å². The van der Waals surface area contributed by atoms with Gasteiger partial charge in [-0.15, -0.1) is 0 Å². The minimum absolute atomic E-state index is 0.0233. The van der Waals surface area contributed by atoms with Gasteiger partial charge in [-0.1, -0.05) is 0 Å². The zero-order valence-electron chi connectivity index (χ0n) is 9.92. The molecule has 102 valence electrons. The molecule has 0 bridgehead atoms. The Hall–Kier alpha value is -1.43. The van der Waals surface area contributed by atoms with Crippen LogP contribution in [0.25, 0.3) is 0 Å². The molecule has 0 spiro atoms. The van der Waals surface area contributed by atoms with Gasteiger partial charge in [0, 0.05) is 10.5 Å². The number of nitrogens with zero attached hydrogens (tertiary/aromatic N) is 1. The Labute approximate surface area is 119 Å². The van der Waals surface area contributed by atoms with E-state index < -0.39 is 22.0 Å². The van der Waals surface area contributed by atoms with Gasteiger partial charge in [-0.3, -0.25) is 0 Å². The molecule has 0 saturated carbocycles. The summed E-state index contributed by atoms with van der Waals surface area (Å²) in [5.74, 6) is -1.21. The fourth-order valence-electron chi connectivity index (χ4n) is 1.35. The van der Waals surface area contributed by atoms with Crippen molar-refractivity contribution in [2.75, 3.05) is 0 Å². The first-order chi connectivity index (χ1) is 8.77. The number of hydrogen-bond acceptors (Lipinski definition) is 4. The lowest BCUT2D eigenvalue weighted by Crippen LogP contribution is -2.32. The second-order valence-corrected chi connectivity index (χ2v) is 6.37. The fourth-order valence-corrected chi connectivity index (χ4v) is 3.58. The minimum Gasteiger partial charge on any atom is -0.478 e. The third-order valence-electron chi connectivity index (χ3n) is 2.22. The number of hydrogen-bond donors (Lipinski definition) is 2. The van der Waals surface area contributed by atoms with Crippen LogP contribution in [0.2, 0.25) is 0 Å². The average molecular weight is 347 g/mol. The predicted octanol–water partition coefficient (Wildman–Crippen LogP) is 1.73. The minimum atomic E-state index is -3.88. The third kappa shape index (κ3) is 4.02. The Balaban J connectivity index is 3.18. The van der Waals surface area contributed by atoms with E-state index in [-0.39, 0.29) is 21.4 Å². The SMILES string of the molecule is CC(CC#N)NS(=O)(=O)c1cc(C(=O)O)ccc1Br. The van der Waals surface area contributed by atoms with E-state index in [2.05, 4.69) is 20.7 Å². The molecule has 1 unspecified atom stereocenters. The highest BCUT2D eigenvalue weighted by Crippen LogP contribution is 2.23. The van der Waals surface area contributed by atoms with Gasteiger partial charge in [0.1, 0.15) is 0 Å². The van der Waals surface area contributed by atoms with Crippen LogP contribution in [0.15, 0.2) is 27.6 Å². The monoisotopic (exact) mass is 346 g/mol. The molecule has 19 heavy (non-hydrogen) atoms. The number of carboxylic acids is 1. The van der Waals surface area contributed by atoms with Crippen LogP contribution in [0.1, 0.15) is 23.7 Å². The number of carboxylic acid groups (broad SMARTS) is 1. The number of nitriles is 1. The smallest absolute Gasteiger partial charge is 0.335 e. The van der Waals surface area contributed by atoms with E-state index in [1.807, 2.05) is 6.07 Å². The molecule has 1 aromatic carbocycles. The Bertz CT molecular complexity index is 637. The van der Waals surface area contributed by atoms with Crippen molar-refractivity contribution in [2.24, 2.45) is 0 Å². The normalized spacial score (nSPS) is 12.7. The Morgan fingerprint density at radius 1 is 1.58 bits per heavy atom. The van der Waals surface area contributed by atoms with Gasteiger partial charge in [0.15, 0.2) is 0 Å². The molecular formula is C11H11BrN2O4S. The summed E-state index contributed by atoms with van der Waals surface area (Å²) >= 11 is 3.07. The fraction of sp³-hybridized carbons (Fsp3) is 0.273. The van der Waals surface area contributed by atoms with Crippen LogP contribution in [-0.2, 0) is 10.0 Å². The van der Waals surface area contributed by atoms with Crippen LogP contribution in [0.3, 0.4) is 0 Å². The maximum absolute atomic E-state index is 12.1. The van der Waals surface area contributed by atoms with E-state index in [0.29, 0.717) is 0 Å². The van der Waals surface area contributed by atoms with Crippen molar-refractivity contribution in [1.29, 1.82) is 5.26 Å². The molecule has 0 aliphatic rings. The third-order valence-corrected chi connectivity index (χ3v) is 4.80. The van der Waals surface area contributed by atoms with Gasteiger partial charge in [0.2, 0.25) is 10.0 Å². The first-order valence-corrected chi connectivity index (χ1v) is 7.47. The molecular weight excluding hydrogens is 336 g/mol. The van der Waals surface area contributed by atoms with Gasteiger partial charge < -0.3 is 5.11 Å². The summed E-state index contributed by atoms with van der Waals surface area (Å²) < 4.78 is 26.7. The quantitative estimate of drug-likeness (QED) is 0.843. The summed E-state index contributed by atoms with van der Waals surface area (Å²) in [7, 11) is -3.88. The van der Waals surface area contributed by atoms with Crippen molar-refractivity contribution in [1.82, 2.24) is 4.72 Å². The zero-order valence-corrected chi connectivity index (χ0v) is 12.3. The van der Waals surface area contributed by atoms with E-state index in [0.717, 1.165) is 6.07 Å².